The minimum absolute atomic E-state index is 0.0872. The molecule has 0 atom stereocenters. The van der Waals surface area contributed by atoms with Crippen molar-refractivity contribution in [1.82, 2.24) is 4.98 Å². The fourth-order valence-electron chi connectivity index (χ4n) is 1.05. The van der Waals surface area contributed by atoms with Crippen LogP contribution in [0.1, 0.15) is 29.3 Å². The summed E-state index contributed by atoms with van der Waals surface area (Å²) in [5, 5.41) is 0.0872. The Kier molecular flexibility index (Phi) is 5.24. The number of thioether (sulfide) groups is 1. The molecule has 0 spiro atoms. The third kappa shape index (κ3) is 5.18. The second kappa shape index (κ2) is 6.71. The van der Waals surface area contributed by atoms with Gasteiger partial charge in [0.2, 0.25) is 5.91 Å². The molecule has 1 aromatic heterocycles. The van der Waals surface area contributed by atoms with Crippen LogP contribution < -0.4 is 5.73 Å². The molecule has 0 unspecified atom stereocenters. The molecule has 0 fully saturated rings. The van der Waals surface area contributed by atoms with E-state index < -0.39 is 5.91 Å². The number of aromatic nitrogens is 1. The fraction of sp³-hybridized carbons (Fsp3) is 0.250. The van der Waals surface area contributed by atoms with Gasteiger partial charge >= 0.3 is 0 Å². The van der Waals surface area contributed by atoms with Crippen LogP contribution in [0.2, 0.25) is 0 Å². The number of pyridine rings is 1. The topological polar surface area (TPSA) is 73.1 Å². The van der Waals surface area contributed by atoms with Crippen molar-refractivity contribution in [3.63, 3.8) is 0 Å². The van der Waals surface area contributed by atoms with Crippen molar-refractivity contribution in [2.45, 2.75) is 13.3 Å². The lowest BCUT2D eigenvalue weighted by molar-refractivity contribution is -0.109. The molecule has 17 heavy (non-hydrogen) atoms. The second-order valence-corrected chi connectivity index (χ2v) is 4.49. The summed E-state index contributed by atoms with van der Waals surface area (Å²) < 4.78 is 0. The van der Waals surface area contributed by atoms with Crippen molar-refractivity contribution in [2.75, 3.05) is 5.75 Å². The van der Waals surface area contributed by atoms with Gasteiger partial charge in [0.25, 0.3) is 0 Å². The molecule has 0 aliphatic heterocycles. The van der Waals surface area contributed by atoms with E-state index in [0.29, 0.717) is 23.3 Å². The lowest BCUT2D eigenvalue weighted by atomic mass is 10.2. The highest BCUT2D eigenvalue weighted by atomic mass is 32.2. The Hall–Kier alpha value is -1.80. The zero-order valence-corrected chi connectivity index (χ0v) is 10.2. The molecule has 1 rings (SSSR count). The highest BCUT2D eigenvalue weighted by molar-refractivity contribution is 8.13. The maximum atomic E-state index is 10.9. The molecule has 88 valence electrons. The molecule has 0 radical (unpaired) electrons. The van der Waals surface area contributed by atoms with Gasteiger partial charge in [0.1, 0.15) is 0 Å². The van der Waals surface area contributed by atoms with E-state index in [1.807, 2.05) is 0 Å². The quantitative estimate of drug-likeness (QED) is 0.644. The Morgan fingerprint density at radius 1 is 1.47 bits per heavy atom. The number of primary amides is 1. The Morgan fingerprint density at radius 2 is 2.24 bits per heavy atom. The molecule has 0 aliphatic rings. The van der Waals surface area contributed by atoms with E-state index in [-0.39, 0.29) is 5.12 Å². The lowest BCUT2D eigenvalue weighted by Crippen LogP contribution is -2.11. The molecule has 1 amide bonds. The average Bonchev–Trinajstić information content (AvgIpc) is 2.28. The molecule has 1 heterocycles. The first-order chi connectivity index (χ1) is 8.09. The summed E-state index contributed by atoms with van der Waals surface area (Å²) in [7, 11) is 0. The second-order valence-electron chi connectivity index (χ2n) is 3.22. The third-order valence-corrected chi connectivity index (χ3v) is 2.60. The van der Waals surface area contributed by atoms with Crippen LogP contribution >= 0.6 is 11.8 Å². The van der Waals surface area contributed by atoms with E-state index >= 15 is 0 Å². The average molecular weight is 248 g/mol. The normalized spacial score (nSPS) is 9.24. The third-order valence-electron chi connectivity index (χ3n) is 1.79. The zero-order chi connectivity index (χ0) is 12.7. The molecular formula is C12H12N2O2S. The van der Waals surface area contributed by atoms with E-state index in [4.69, 9.17) is 5.73 Å². The summed E-state index contributed by atoms with van der Waals surface area (Å²) in [4.78, 5) is 25.4. The van der Waals surface area contributed by atoms with E-state index in [9.17, 15) is 9.59 Å². The molecule has 0 aliphatic carbocycles. The van der Waals surface area contributed by atoms with Gasteiger partial charge in [0.05, 0.1) is 5.56 Å². The minimum Gasteiger partial charge on any atom is -0.366 e. The summed E-state index contributed by atoms with van der Waals surface area (Å²) in [6, 6.07) is 1.60. The van der Waals surface area contributed by atoms with Gasteiger partial charge in [0.15, 0.2) is 5.12 Å². The van der Waals surface area contributed by atoms with E-state index in [1.165, 1.54) is 24.9 Å². The van der Waals surface area contributed by atoms with Crippen molar-refractivity contribution in [3.8, 4) is 11.8 Å². The SMILES string of the molecule is CC(=O)SCCC#Cc1cncc(C(N)=O)c1. The maximum Gasteiger partial charge on any atom is 0.250 e. The summed E-state index contributed by atoms with van der Waals surface area (Å²) in [6.07, 6.45) is 3.59. The number of rotatable bonds is 3. The Labute approximate surface area is 104 Å². The smallest absolute Gasteiger partial charge is 0.250 e. The zero-order valence-electron chi connectivity index (χ0n) is 9.40. The summed E-state index contributed by atoms with van der Waals surface area (Å²) in [5.41, 5.74) is 6.11. The Balaban J connectivity index is 2.56. The summed E-state index contributed by atoms with van der Waals surface area (Å²) in [5.74, 6) is 5.93. The highest BCUT2D eigenvalue weighted by Crippen LogP contribution is 2.03. The van der Waals surface area contributed by atoms with Gasteiger partial charge in [-0.15, -0.1) is 0 Å². The van der Waals surface area contributed by atoms with Crippen LogP contribution in [0.15, 0.2) is 18.5 Å². The molecule has 0 bridgehead atoms. The molecule has 2 N–H and O–H groups in total. The monoisotopic (exact) mass is 248 g/mol. The first kappa shape index (κ1) is 13.3. The van der Waals surface area contributed by atoms with Crippen molar-refractivity contribution < 1.29 is 9.59 Å². The molecule has 5 heteroatoms. The number of nitrogens with two attached hydrogens (primary N) is 1. The van der Waals surface area contributed by atoms with Gasteiger partial charge in [-0.3, -0.25) is 14.6 Å². The largest absolute Gasteiger partial charge is 0.366 e. The summed E-state index contributed by atoms with van der Waals surface area (Å²) >= 11 is 1.24. The Bertz CT molecular complexity index is 489. The highest BCUT2D eigenvalue weighted by Gasteiger charge is 1.99. The van der Waals surface area contributed by atoms with Gasteiger partial charge in [-0.1, -0.05) is 23.6 Å². The number of hydrogen-bond donors (Lipinski definition) is 1. The van der Waals surface area contributed by atoms with Crippen LogP contribution in [-0.2, 0) is 4.79 Å². The predicted molar refractivity (Wildman–Crippen MR) is 67.4 cm³/mol. The van der Waals surface area contributed by atoms with Crippen LogP contribution in [0.3, 0.4) is 0 Å². The number of nitrogens with zero attached hydrogens (tertiary/aromatic N) is 1. The van der Waals surface area contributed by atoms with Gasteiger partial charge in [0, 0.05) is 37.1 Å². The number of amides is 1. The van der Waals surface area contributed by atoms with Crippen LogP contribution in [0.4, 0.5) is 0 Å². The van der Waals surface area contributed by atoms with Crippen LogP contribution in [0, 0.1) is 11.8 Å². The fourth-order valence-corrected chi connectivity index (χ4v) is 1.54. The van der Waals surface area contributed by atoms with E-state index in [0.717, 1.165) is 0 Å². The van der Waals surface area contributed by atoms with Gasteiger partial charge < -0.3 is 5.73 Å². The predicted octanol–water partition coefficient (Wildman–Crippen LogP) is 1.20. The van der Waals surface area contributed by atoms with Crippen LogP contribution in [-0.4, -0.2) is 21.8 Å². The summed E-state index contributed by atoms with van der Waals surface area (Å²) in [6.45, 7) is 1.53. The van der Waals surface area contributed by atoms with Crippen molar-refractivity contribution in [2.24, 2.45) is 5.73 Å². The molecule has 0 aromatic carbocycles. The van der Waals surface area contributed by atoms with Crippen molar-refractivity contribution >= 4 is 22.8 Å². The van der Waals surface area contributed by atoms with Gasteiger partial charge in [-0.25, -0.2) is 0 Å². The number of hydrogen-bond acceptors (Lipinski definition) is 4. The molecule has 0 saturated carbocycles. The van der Waals surface area contributed by atoms with Crippen molar-refractivity contribution in [3.05, 3.63) is 29.6 Å². The van der Waals surface area contributed by atoms with Gasteiger partial charge in [-0.2, -0.15) is 0 Å². The lowest BCUT2D eigenvalue weighted by Gasteiger charge is -1.94. The molecule has 4 nitrogen and oxygen atoms in total. The number of carbonyl (C=O) groups is 2. The van der Waals surface area contributed by atoms with Gasteiger partial charge in [-0.05, 0) is 6.07 Å². The standard InChI is InChI=1S/C12H12N2O2S/c1-9(15)17-5-3-2-4-10-6-11(12(13)16)8-14-7-10/h6-8H,3,5H2,1H3,(H2,13,16). The van der Waals surface area contributed by atoms with E-state index in [1.54, 1.807) is 12.3 Å². The molecule has 0 saturated heterocycles. The molecule has 1 aromatic rings. The van der Waals surface area contributed by atoms with Crippen molar-refractivity contribution in [1.29, 1.82) is 0 Å². The van der Waals surface area contributed by atoms with Crippen LogP contribution in [0.25, 0.3) is 0 Å². The van der Waals surface area contributed by atoms with E-state index in [2.05, 4.69) is 16.8 Å². The maximum absolute atomic E-state index is 10.9. The number of carbonyl (C=O) groups excluding carboxylic acids is 2. The first-order valence-electron chi connectivity index (χ1n) is 4.96. The Morgan fingerprint density at radius 3 is 2.88 bits per heavy atom. The minimum atomic E-state index is -0.520. The molecular weight excluding hydrogens is 236 g/mol. The first-order valence-corrected chi connectivity index (χ1v) is 5.95. The van der Waals surface area contributed by atoms with Crippen LogP contribution in [0.5, 0.6) is 0 Å².